The van der Waals surface area contributed by atoms with Gasteiger partial charge >= 0.3 is 0 Å². The maximum absolute atomic E-state index is 11.9. The average Bonchev–Trinajstić information content (AvgIpc) is 2.72. The second kappa shape index (κ2) is 4.41. The van der Waals surface area contributed by atoms with E-state index in [2.05, 4.69) is 22.7 Å². The van der Waals surface area contributed by atoms with E-state index in [1.54, 1.807) is 0 Å². The maximum Gasteiger partial charge on any atom is 0.271 e. The van der Waals surface area contributed by atoms with E-state index in [4.69, 9.17) is 0 Å². The molecule has 1 N–H and O–H groups in total. The van der Waals surface area contributed by atoms with Crippen LogP contribution < -0.4 is 5.43 Å². The molecule has 0 saturated heterocycles. The first kappa shape index (κ1) is 11.2. The third-order valence-electron chi connectivity index (χ3n) is 3.78. The van der Waals surface area contributed by atoms with Crippen molar-refractivity contribution in [2.75, 3.05) is 0 Å². The largest absolute Gasteiger partial charge is 0.271 e. The van der Waals surface area contributed by atoms with Crippen molar-refractivity contribution in [3.8, 4) is 0 Å². The Labute approximate surface area is 107 Å². The first-order valence-electron chi connectivity index (χ1n) is 6.34. The van der Waals surface area contributed by atoms with Gasteiger partial charge in [-0.2, -0.15) is 5.10 Å². The lowest BCUT2D eigenvalue weighted by atomic mass is 9.74. The maximum atomic E-state index is 11.9. The quantitative estimate of drug-likeness (QED) is 0.626. The van der Waals surface area contributed by atoms with Crippen LogP contribution in [0.15, 0.2) is 41.5 Å². The molecule has 0 aliphatic heterocycles. The Morgan fingerprint density at radius 3 is 2.83 bits per heavy atom. The van der Waals surface area contributed by atoms with Crippen molar-refractivity contribution < 1.29 is 4.79 Å². The molecule has 0 bridgehead atoms. The van der Waals surface area contributed by atoms with E-state index < -0.39 is 0 Å². The van der Waals surface area contributed by atoms with Crippen LogP contribution in [0.2, 0.25) is 0 Å². The number of carbonyl (C=O) groups excluding carboxylic acids is 1. The van der Waals surface area contributed by atoms with Crippen LogP contribution in [0.3, 0.4) is 0 Å². The summed E-state index contributed by atoms with van der Waals surface area (Å²) >= 11 is 0. The molecule has 3 rings (SSSR count). The van der Waals surface area contributed by atoms with Crippen LogP contribution in [-0.2, 0) is 0 Å². The van der Waals surface area contributed by atoms with Crippen LogP contribution in [0.4, 0.5) is 0 Å². The van der Waals surface area contributed by atoms with Gasteiger partial charge in [0.05, 0.1) is 0 Å². The number of rotatable bonds is 2. The van der Waals surface area contributed by atoms with Gasteiger partial charge in [0, 0.05) is 17.2 Å². The first-order valence-corrected chi connectivity index (χ1v) is 6.34. The van der Waals surface area contributed by atoms with Crippen molar-refractivity contribution in [2.24, 2.45) is 16.9 Å². The molecule has 18 heavy (non-hydrogen) atoms. The van der Waals surface area contributed by atoms with Crippen LogP contribution in [-0.4, -0.2) is 11.6 Å². The summed E-state index contributed by atoms with van der Waals surface area (Å²) in [6, 6.07) is 7.52. The van der Waals surface area contributed by atoms with Gasteiger partial charge < -0.3 is 0 Å². The molecule has 1 aromatic rings. The topological polar surface area (TPSA) is 41.5 Å². The minimum atomic E-state index is -0.128. The minimum absolute atomic E-state index is 0.128. The fourth-order valence-corrected chi connectivity index (χ4v) is 2.56. The number of benzene rings is 1. The summed E-state index contributed by atoms with van der Waals surface area (Å²) < 4.78 is 0. The lowest BCUT2D eigenvalue weighted by Crippen LogP contribution is -2.35. The Morgan fingerprint density at radius 1 is 1.33 bits per heavy atom. The smallest absolute Gasteiger partial charge is 0.267 e. The van der Waals surface area contributed by atoms with E-state index in [0.29, 0.717) is 17.4 Å². The van der Waals surface area contributed by atoms with Gasteiger partial charge in [-0.15, -0.1) is 0 Å². The van der Waals surface area contributed by atoms with Crippen LogP contribution in [0.1, 0.15) is 28.8 Å². The van der Waals surface area contributed by atoms with E-state index in [1.807, 2.05) is 31.2 Å². The summed E-state index contributed by atoms with van der Waals surface area (Å²) in [5, 5.41) is 4.25. The normalized spacial score (nSPS) is 26.8. The lowest BCUT2D eigenvalue weighted by Gasteiger charge is -2.31. The summed E-state index contributed by atoms with van der Waals surface area (Å²) in [5.41, 5.74) is 5.59. The Hall–Kier alpha value is -1.90. The molecule has 1 aromatic carbocycles. The molecule has 92 valence electrons. The van der Waals surface area contributed by atoms with E-state index in [-0.39, 0.29) is 5.91 Å². The van der Waals surface area contributed by atoms with Crippen LogP contribution >= 0.6 is 0 Å². The van der Waals surface area contributed by atoms with Gasteiger partial charge in [0.1, 0.15) is 0 Å². The lowest BCUT2D eigenvalue weighted by molar-refractivity contribution is 0.0954. The monoisotopic (exact) mass is 240 g/mol. The molecule has 1 amide bonds. The summed E-state index contributed by atoms with van der Waals surface area (Å²) in [6.07, 6.45) is 6.53. The zero-order chi connectivity index (χ0) is 12.5. The van der Waals surface area contributed by atoms with Crippen LogP contribution in [0.25, 0.3) is 0 Å². The highest BCUT2D eigenvalue weighted by molar-refractivity contribution is 5.98. The highest BCUT2D eigenvalue weighted by atomic mass is 16.2. The molecular formula is C15H16N2O. The van der Waals surface area contributed by atoms with Crippen LogP contribution in [0, 0.1) is 18.8 Å². The summed E-state index contributed by atoms with van der Waals surface area (Å²) in [7, 11) is 0. The van der Waals surface area contributed by atoms with Crippen molar-refractivity contribution in [1.82, 2.24) is 5.43 Å². The minimum Gasteiger partial charge on any atom is -0.267 e. The Kier molecular flexibility index (Phi) is 2.74. The highest BCUT2D eigenvalue weighted by Gasteiger charge is 2.37. The number of allylic oxidation sites excluding steroid dienone is 2. The molecule has 3 nitrogen and oxygen atoms in total. The Balaban J connectivity index is 1.62. The van der Waals surface area contributed by atoms with Gasteiger partial charge in [-0.25, -0.2) is 5.43 Å². The predicted molar refractivity (Wildman–Crippen MR) is 71.4 cm³/mol. The molecular weight excluding hydrogens is 224 g/mol. The van der Waals surface area contributed by atoms with Gasteiger partial charge in [0.15, 0.2) is 0 Å². The number of aryl methyl sites for hydroxylation is 1. The zero-order valence-electron chi connectivity index (χ0n) is 10.4. The molecule has 0 radical (unpaired) electrons. The Morgan fingerprint density at radius 2 is 2.11 bits per heavy atom. The fraction of sp³-hybridized carbons (Fsp3) is 0.333. The second-order valence-electron chi connectivity index (χ2n) is 5.05. The molecule has 2 aliphatic rings. The molecule has 0 heterocycles. The number of hydrogen-bond donors (Lipinski definition) is 1. The number of nitrogens with zero attached hydrogens (tertiary/aromatic N) is 1. The van der Waals surface area contributed by atoms with E-state index in [1.165, 1.54) is 0 Å². The molecule has 1 saturated carbocycles. The van der Waals surface area contributed by atoms with Crippen molar-refractivity contribution in [3.05, 3.63) is 47.5 Å². The summed E-state index contributed by atoms with van der Waals surface area (Å²) in [4.78, 5) is 11.9. The first-order chi connectivity index (χ1) is 8.74. The van der Waals surface area contributed by atoms with E-state index in [0.717, 1.165) is 24.1 Å². The van der Waals surface area contributed by atoms with E-state index >= 15 is 0 Å². The summed E-state index contributed by atoms with van der Waals surface area (Å²) in [5.74, 6) is 1.08. The summed E-state index contributed by atoms with van der Waals surface area (Å²) in [6.45, 7) is 2.00. The van der Waals surface area contributed by atoms with Crippen molar-refractivity contribution in [2.45, 2.75) is 19.8 Å². The van der Waals surface area contributed by atoms with Crippen LogP contribution in [0.5, 0.6) is 0 Å². The fourth-order valence-electron chi connectivity index (χ4n) is 2.56. The number of amides is 1. The number of hydrazone groups is 1. The van der Waals surface area contributed by atoms with E-state index in [9.17, 15) is 4.79 Å². The number of fused-ring (bicyclic) bond motifs is 1. The third-order valence-corrected chi connectivity index (χ3v) is 3.78. The molecule has 0 aromatic heterocycles. The van der Waals surface area contributed by atoms with Crippen molar-refractivity contribution in [3.63, 3.8) is 0 Å². The SMILES string of the molecule is Cc1ccc(C(=O)N/N=C2/C[C@@H]3C=CC[C@H]23)cc1. The third kappa shape index (κ3) is 1.96. The molecule has 0 unspecified atom stereocenters. The highest BCUT2D eigenvalue weighted by Crippen LogP contribution is 2.40. The van der Waals surface area contributed by atoms with Gasteiger partial charge in [0.2, 0.25) is 0 Å². The number of carbonyl (C=O) groups is 1. The van der Waals surface area contributed by atoms with Gasteiger partial charge in [-0.1, -0.05) is 29.8 Å². The zero-order valence-corrected chi connectivity index (χ0v) is 10.4. The standard InChI is InChI=1S/C15H16N2O/c1-10-5-7-11(8-6-10)15(18)17-16-14-9-12-3-2-4-13(12)14/h2-3,5-8,12-13H,4,9H2,1H3,(H,17,18)/b16-14-/t12-,13-/m0/s1. The van der Waals surface area contributed by atoms with Gasteiger partial charge in [-0.05, 0) is 37.8 Å². The molecule has 0 spiro atoms. The number of nitrogens with one attached hydrogen (secondary N) is 1. The molecule has 2 atom stereocenters. The predicted octanol–water partition coefficient (Wildman–Crippen LogP) is 2.68. The second-order valence-corrected chi connectivity index (χ2v) is 5.05. The molecule has 1 fully saturated rings. The van der Waals surface area contributed by atoms with Crippen molar-refractivity contribution >= 4 is 11.6 Å². The van der Waals surface area contributed by atoms with Gasteiger partial charge in [0.25, 0.3) is 5.91 Å². The van der Waals surface area contributed by atoms with Crippen molar-refractivity contribution in [1.29, 1.82) is 0 Å². The molecule has 3 heteroatoms. The average molecular weight is 240 g/mol. The number of hydrogen-bond acceptors (Lipinski definition) is 2. The van der Waals surface area contributed by atoms with Gasteiger partial charge in [-0.3, -0.25) is 4.79 Å². The Bertz CT molecular complexity index is 528. The molecule has 2 aliphatic carbocycles.